The number of alkyl halides is 6. The Morgan fingerprint density at radius 2 is 0.887 bits per heavy atom. The summed E-state index contributed by atoms with van der Waals surface area (Å²) in [5, 5.41) is 6.52. The molecule has 0 atom stereocenters. The Balaban J connectivity index is 0.000000189. The van der Waals surface area contributed by atoms with Gasteiger partial charge in [0.15, 0.2) is 0 Å². The summed E-state index contributed by atoms with van der Waals surface area (Å²) in [6.45, 7) is 11.8. The van der Waals surface area contributed by atoms with Gasteiger partial charge in [-0.2, -0.15) is 87.0 Å². The van der Waals surface area contributed by atoms with Crippen LogP contribution in [0, 0.1) is 38.1 Å². The van der Waals surface area contributed by atoms with Gasteiger partial charge in [0.05, 0.1) is 11.1 Å². The van der Waals surface area contributed by atoms with E-state index in [4.69, 9.17) is 0 Å². The van der Waals surface area contributed by atoms with Crippen LogP contribution in [0.25, 0.3) is 77.5 Å². The summed E-state index contributed by atoms with van der Waals surface area (Å²) in [5.41, 5.74) is 7.97. The maximum atomic E-state index is 13.8. The first kappa shape index (κ1) is 57.6. The van der Waals surface area contributed by atoms with E-state index in [2.05, 4.69) is 95.8 Å². The second kappa shape index (κ2) is 22.5. The minimum atomic E-state index is -4.47. The fourth-order valence-electron chi connectivity index (χ4n) is 10.2. The van der Waals surface area contributed by atoms with Crippen LogP contribution in [-0.4, -0.2) is 45.2 Å². The largest absolute Gasteiger partial charge is 2.00 e. The van der Waals surface area contributed by atoms with Crippen LogP contribution in [0.1, 0.15) is 22.3 Å². The standard InChI is InChI=1S/2C32H24F3N3Si.2Pt/c1-21-15-17-36-30(18-21)38-28-12-5-4-10-25(28)26-14-13-23(20-29(26)38)22-8-6-9-24(19-22)39(2,3)31-27(32(33,34)35)11-7-16-37-31;1-21-13-15-36-30(17-21)38-28-10-5-4-9-26(28)27-12-11-23(19-29(27)38)22-7-6-8-25(18-22)39(2,3)31-20-24(14-16-37-31)32(33,34)35;;/h4-18H,1-3H3;4-17,20H,1-3H3;;/q2*-2;2*+2. The van der Waals surface area contributed by atoms with E-state index >= 15 is 0 Å². The van der Waals surface area contributed by atoms with Crippen LogP contribution in [0.4, 0.5) is 26.3 Å². The molecule has 12 aromatic rings. The second-order valence-electron chi connectivity index (χ2n) is 20.4. The Hall–Kier alpha value is -7.09. The van der Waals surface area contributed by atoms with Gasteiger partial charge in [0.25, 0.3) is 0 Å². The fourth-order valence-corrected chi connectivity index (χ4v) is 14.8. The van der Waals surface area contributed by atoms with Crippen molar-refractivity contribution in [2.75, 3.05) is 0 Å². The first-order valence-corrected chi connectivity index (χ1v) is 31.2. The molecule has 0 fully saturated rings. The molecule has 0 aliphatic rings. The van der Waals surface area contributed by atoms with Gasteiger partial charge in [-0.15, -0.1) is 34.6 Å². The number of pyridine rings is 4. The number of hydrogen-bond acceptors (Lipinski definition) is 4. The topological polar surface area (TPSA) is 61.4 Å². The Bertz CT molecular complexity index is 4270. The molecule has 6 aromatic carbocycles. The summed E-state index contributed by atoms with van der Waals surface area (Å²) >= 11 is 0. The molecular weight excluding hydrogens is 1410 g/mol. The van der Waals surface area contributed by atoms with Crippen molar-refractivity contribution in [2.45, 2.75) is 52.4 Å². The Morgan fingerprint density at radius 3 is 1.38 bits per heavy atom. The van der Waals surface area contributed by atoms with Gasteiger partial charge in [-0.05, 0) is 107 Å². The Kier molecular flexibility index (Phi) is 16.2. The minimum Gasteiger partial charge on any atom is -0.314 e. The van der Waals surface area contributed by atoms with Gasteiger partial charge in [-0.1, -0.05) is 73.4 Å². The van der Waals surface area contributed by atoms with Crippen molar-refractivity contribution in [3.63, 3.8) is 0 Å². The third kappa shape index (κ3) is 10.9. The van der Waals surface area contributed by atoms with Crippen molar-refractivity contribution in [3.8, 4) is 33.9 Å². The molecule has 0 spiro atoms. The number of benzene rings is 6. The van der Waals surface area contributed by atoms with E-state index in [9.17, 15) is 26.3 Å². The molecule has 6 heterocycles. The predicted molar refractivity (Wildman–Crippen MR) is 305 cm³/mol. The first-order valence-electron chi connectivity index (χ1n) is 25.2. The van der Waals surface area contributed by atoms with Gasteiger partial charge in [-0.3, -0.25) is 9.97 Å². The smallest absolute Gasteiger partial charge is 0.314 e. The summed E-state index contributed by atoms with van der Waals surface area (Å²) in [6.07, 6.45) is -2.60. The SMILES string of the molecule is Cc1ccnc(-n2c3[c-]c(-c4[c-]c([Si](C)(C)c5cc(C(F)(F)F)ccn5)ccc4)ccc3c3ccccc32)c1.Cc1ccnc(-n2c3[c-]c(-c4[c-]c([Si](C)(C)c5ncccc5C(F)(F)F)ccc4)ccc3c3ccccc32)c1.[Pt+2].[Pt+2]. The number of aryl methyl sites for hydroxylation is 2. The van der Waals surface area contributed by atoms with Gasteiger partial charge in [0.1, 0.15) is 27.8 Å². The molecule has 0 saturated carbocycles. The van der Waals surface area contributed by atoms with Gasteiger partial charge < -0.3 is 9.13 Å². The summed E-state index contributed by atoms with van der Waals surface area (Å²) in [4.78, 5) is 17.8. The second-order valence-corrected chi connectivity index (χ2v) is 29.0. The summed E-state index contributed by atoms with van der Waals surface area (Å²) in [7, 11) is -5.42. The van der Waals surface area contributed by atoms with Crippen LogP contribution in [0.5, 0.6) is 0 Å². The molecule has 6 nitrogen and oxygen atoms in total. The predicted octanol–water partition coefficient (Wildman–Crippen LogP) is 14.0. The van der Waals surface area contributed by atoms with Gasteiger partial charge in [0, 0.05) is 46.5 Å². The molecule has 0 radical (unpaired) electrons. The monoisotopic (exact) mass is 1460 g/mol. The third-order valence-corrected chi connectivity index (χ3v) is 20.8. The molecule has 16 heteroatoms. The van der Waals surface area contributed by atoms with Gasteiger partial charge in [-0.25, -0.2) is 32.2 Å². The third-order valence-electron chi connectivity index (χ3n) is 14.4. The molecule has 404 valence electrons. The molecule has 0 bridgehead atoms. The van der Waals surface area contributed by atoms with Gasteiger partial charge in [0.2, 0.25) is 0 Å². The number of hydrogen-bond donors (Lipinski definition) is 0. The van der Waals surface area contributed by atoms with E-state index in [1.165, 1.54) is 24.5 Å². The number of aromatic nitrogens is 6. The van der Waals surface area contributed by atoms with Crippen molar-refractivity contribution in [2.24, 2.45) is 0 Å². The van der Waals surface area contributed by atoms with Crippen molar-refractivity contribution in [1.82, 2.24) is 29.1 Å². The number of nitrogens with zero attached hydrogens (tertiary/aromatic N) is 6. The first-order chi connectivity index (χ1) is 37.3. The van der Waals surface area contributed by atoms with E-state index in [0.29, 0.717) is 5.32 Å². The molecule has 12 rings (SSSR count). The average molecular weight is 1460 g/mol. The molecule has 0 N–H and O–H groups in total. The molecule has 0 aliphatic carbocycles. The Labute approximate surface area is 490 Å². The zero-order valence-corrected chi connectivity index (χ0v) is 50.4. The maximum absolute atomic E-state index is 13.8. The van der Waals surface area contributed by atoms with E-state index < -0.39 is 39.6 Å². The quantitative estimate of drug-likeness (QED) is 0.0864. The van der Waals surface area contributed by atoms with Crippen LogP contribution in [-0.2, 0) is 54.5 Å². The van der Waals surface area contributed by atoms with E-state index in [0.717, 1.165) is 111 Å². The average Bonchev–Trinajstić information content (AvgIpc) is 4.07. The zero-order valence-electron chi connectivity index (χ0n) is 43.9. The zero-order chi connectivity index (χ0) is 54.7. The van der Waals surface area contributed by atoms with Crippen molar-refractivity contribution >= 4 is 80.8 Å². The van der Waals surface area contributed by atoms with E-state index in [1.54, 1.807) is 12.4 Å². The van der Waals surface area contributed by atoms with E-state index in [-0.39, 0.29) is 47.4 Å². The normalized spacial score (nSPS) is 12.1. The van der Waals surface area contributed by atoms with Gasteiger partial charge >= 0.3 is 54.5 Å². The summed E-state index contributed by atoms with van der Waals surface area (Å²) < 4.78 is 85.9. The molecule has 6 aromatic heterocycles. The fraction of sp³-hybridized carbons (Fsp3) is 0.125. The number of halogens is 6. The summed E-state index contributed by atoms with van der Waals surface area (Å²) in [5.74, 6) is 1.62. The van der Waals surface area contributed by atoms with Crippen LogP contribution in [0.3, 0.4) is 0 Å². The maximum Gasteiger partial charge on any atom is 2.00 e. The number of para-hydroxylation sites is 2. The van der Waals surface area contributed by atoms with Crippen molar-refractivity contribution in [3.05, 3.63) is 229 Å². The van der Waals surface area contributed by atoms with Crippen LogP contribution in [0.2, 0.25) is 26.2 Å². The molecule has 0 unspecified atom stereocenters. The minimum absolute atomic E-state index is 0. The van der Waals surface area contributed by atoms with Crippen LogP contribution < -0.4 is 21.0 Å². The Morgan fingerprint density at radius 1 is 0.412 bits per heavy atom. The van der Waals surface area contributed by atoms with Crippen LogP contribution in [0.15, 0.2) is 183 Å². The molecule has 0 aliphatic heterocycles. The molecule has 0 saturated heterocycles. The van der Waals surface area contributed by atoms with Crippen molar-refractivity contribution < 1.29 is 68.5 Å². The molecule has 0 amide bonds. The number of rotatable bonds is 8. The molecule has 80 heavy (non-hydrogen) atoms. The van der Waals surface area contributed by atoms with Crippen molar-refractivity contribution in [1.29, 1.82) is 0 Å². The van der Waals surface area contributed by atoms with Crippen LogP contribution >= 0.6 is 0 Å². The van der Waals surface area contributed by atoms with E-state index in [1.807, 2.05) is 131 Å². The summed E-state index contributed by atoms with van der Waals surface area (Å²) in [6, 6.07) is 62.9. The number of fused-ring (bicyclic) bond motifs is 6. The molecular formula is C64H48F6N6Pt2Si2.